The standard InChI is InChI=1S/C32H40F3N7O2/c1-6-28(43)42-16-15-41(18-23(42)17-36-3)30-24-13-14-40(27-12-7-9-21(2)29(27)32(33,34)35)19-25(24)37-31(38-30)44-20-22-10-8-11-26(22)39(4)5/h6-7,9,12,22-23,26H,1,8,10-11,13-20H2,2,4-5H3/t22?,23-,26?/m0/s1. The topological polar surface area (TPSA) is 69.4 Å². The number of benzene rings is 1. The monoisotopic (exact) mass is 611 g/mol. The van der Waals surface area contributed by atoms with Crippen molar-refractivity contribution in [2.24, 2.45) is 5.92 Å². The molecule has 1 aromatic carbocycles. The maximum Gasteiger partial charge on any atom is 0.418 e. The van der Waals surface area contributed by atoms with E-state index >= 15 is 0 Å². The zero-order valence-electron chi connectivity index (χ0n) is 25.6. The fourth-order valence-corrected chi connectivity index (χ4v) is 6.99. The van der Waals surface area contributed by atoms with Crippen LogP contribution in [0.25, 0.3) is 4.85 Å². The molecule has 12 heteroatoms. The van der Waals surface area contributed by atoms with Crippen molar-refractivity contribution in [3.8, 4) is 6.01 Å². The summed E-state index contributed by atoms with van der Waals surface area (Å²) in [7, 11) is 4.14. The van der Waals surface area contributed by atoms with E-state index < -0.39 is 11.7 Å². The summed E-state index contributed by atoms with van der Waals surface area (Å²) in [6.45, 7) is 15.0. The van der Waals surface area contributed by atoms with Gasteiger partial charge in [-0.25, -0.2) is 6.57 Å². The van der Waals surface area contributed by atoms with Crippen molar-refractivity contribution in [1.29, 1.82) is 0 Å². The van der Waals surface area contributed by atoms with Gasteiger partial charge in [0, 0.05) is 49.4 Å². The van der Waals surface area contributed by atoms with Crippen molar-refractivity contribution < 1.29 is 22.7 Å². The third kappa shape index (κ3) is 6.48. The van der Waals surface area contributed by atoms with Gasteiger partial charge in [-0.2, -0.15) is 23.1 Å². The minimum absolute atomic E-state index is 0.138. The molecular formula is C32H40F3N7O2. The summed E-state index contributed by atoms with van der Waals surface area (Å²) >= 11 is 0. The summed E-state index contributed by atoms with van der Waals surface area (Å²) in [6.07, 6.45) is 0.484. The lowest BCUT2D eigenvalue weighted by Gasteiger charge is -2.41. The molecule has 0 radical (unpaired) electrons. The summed E-state index contributed by atoms with van der Waals surface area (Å²) in [4.78, 5) is 33.4. The van der Waals surface area contributed by atoms with Crippen LogP contribution < -0.4 is 14.5 Å². The number of alkyl halides is 3. The van der Waals surface area contributed by atoms with Gasteiger partial charge >= 0.3 is 12.2 Å². The Morgan fingerprint density at radius 1 is 1.20 bits per heavy atom. The second kappa shape index (κ2) is 13.0. The third-order valence-corrected chi connectivity index (χ3v) is 9.15. The normalized spacial score (nSPS) is 22.1. The van der Waals surface area contributed by atoms with E-state index in [0.717, 1.165) is 24.8 Å². The summed E-state index contributed by atoms with van der Waals surface area (Å²) in [5, 5.41) is 0. The number of nitrogens with zero attached hydrogens (tertiary/aromatic N) is 7. The minimum Gasteiger partial charge on any atom is -0.463 e. The van der Waals surface area contributed by atoms with E-state index in [1.807, 2.05) is 0 Å². The number of aryl methyl sites for hydroxylation is 1. The maximum absolute atomic E-state index is 14.1. The van der Waals surface area contributed by atoms with Gasteiger partial charge in [-0.05, 0) is 58.0 Å². The Morgan fingerprint density at radius 2 is 2.00 bits per heavy atom. The van der Waals surface area contributed by atoms with Crippen LogP contribution in [-0.4, -0.2) is 91.2 Å². The fourth-order valence-electron chi connectivity index (χ4n) is 6.99. The quantitative estimate of drug-likeness (QED) is 0.319. The van der Waals surface area contributed by atoms with Gasteiger partial charge in [0.1, 0.15) is 11.9 Å². The van der Waals surface area contributed by atoms with E-state index in [1.165, 1.54) is 25.1 Å². The van der Waals surface area contributed by atoms with Crippen molar-refractivity contribution in [2.45, 2.75) is 57.4 Å². The zero-order valence-corrected chi connectivity index (χ0v) is 25.6. The molecule has 0 spiro atoms. The van der Waals surface area contributed by atoms with Gasteiger partial charge in [0.25, 0.3) is 0 Å². The van der Waals surface area contributed by atoms with Crippen LogP contribution in [0.15, 0.2) is 30.9 Å². The summed E-state index contributed by atoms with van der Waals surface area (Å²) in [5.41, 5.74) is 1.19. The van der Waals surface area contributed by atoms with Crippen LogP contribution in [0.3, 0.4) is 0 Å². The number of carbonyl (C=O) groups excluding carboxylic acids is 1. The number of halogens is 3. The van der Waals surface area contributed by atoms with E-state index in [0.29, 0.717) is 62.7 Å². The first kappa shape index (κ1) is 31.6. The SMILES string of the molecule is [C-]#[N+]C[C@H]1CN(c2nc(OCC3CCCC3N(C)C)nc3c2CCN(c2cccc(C)c2C(F)(F)F)C3)CCN1C(=O)C=C. The van der Waals surface area contributed by atoms with E-state index in [2.05, 4.69) is 35.3 Å². The number of piperazine rings is 1. The number of rotatable bonds is 8. The van der Waals surface area contributed by atoms with Crippen LogP contribution in [0.2, 0.25) is 0 Å². The maximum atomic E-state index is 14.1. The largest absolute Gasteiger partial charge is 0.463 e. The van der Waals surface area contributed by atoms with Crippen molar-refractivity contribution >= 4 is 17.4 Å². The van der Waals surface area contributed by atoms with Gasteiger partial charge in [0.2, 0.25) is 12.5 Å². The highest BCUT2D eigenvalue weighted by atomic mass is 19.4. The molecule has 2 aliphatic heterocycles. The lowest BCUT2D eigenvalue weighted by Crippen LogP contribution is -2.56. The lowest BCUT2D eigenvalue weighted by molar-refractivity contribution is -0.137. The second-order valence-electron chi connectivity index (χ2n) is 12.1. The van der Waals surface area contributed by atoms with Crippen LogP contribution in [0, 0.1) is 19.4 Å². The van der Waals surface area contributed by atoms with Crippen molar-refractivity contribution in [3.63, 3.8) is 0 Å². The van der Waals surface area contributed by atoms with Crippen LogP contribution in [0.1, 0.15) is 41.6 Å². The summed E-state index contributed by atoms with van der Waals surface area (Å²) in [5.74, 6) is 0.775. The second-order valence-corrected chi connectivity index (χ2v) is 12.1. The van der Waals surface area contributed by atoms with Gasteiger partial charge in [0.15, 0.2) is 0 Å². The molecule has 44 heavy (non-hydrogen) atoms. The number of amides is 1. The Kier molecular flexibility index (Phi) is 9.34. The van der Waals surface area contributed by atoms with Crippen LogP contribution in [0.4, 0.5) is 24.7 Å². The Morgan fingerprint density at radius 3 is 2.70 bits per heavy atom. The Hall–Kier alpha value is -3.85. The summed E-state index contributed by atoms with van der Waals surface area (Å²) in [6, 6.07) is 4.91. The number of hydrogen-bond donors (Lipinski definition) is 0. The Balaban J connectivity index is 1.49. The number of aromatic nitrogens is 2. The molecule has 1 aromatic heterocycles. The predicted octanol–water partition coefficient (Wildman–Crippen LogP) is 4.60. The molecule has 0 N–H and O–H groups in total. The fraction of sp³-hybridized carbons (Fsp3) is 0.562. The molecule has 5 rings (SSSR count). The number of fused-ring (bicyclic) bond motifs is 1. The zero-order chi connectivity index (χ0) is 31.6. The van der Waals surface area contributed by atoms with Crippen LogP contribution in [-0.2, 0) is 23.9 Å². The summed E-state index contributed by atoms with van der Waals surface area (Å²) < 4.78 is 48.7. The number of anilines is 2. The third-order valence-electron chi connectivity index (χ3n) is 9.15. The highest BCUT2D eigenvalue weighted by Gasteiger charge is 2.39. The number of carbonyl (C=O) groups is 1. The Bertz CT molecular complexity index is 1420. The van der Waals surface area contributed by atoms with E-state index in [9.17, 15) is 18.0 Å². The molecule has 1 saturated carbocycles. The van der Waals surface area contributed by atoms with Crippen molar-refractivity contribution in [3.05, 3.63) is 64.7 Å². The first-order valence-electron chi connectivity index (χ1n) is 15.1. The van der Waals surface area contributed by atoms with E-state index in [1.54, 1.807) is 15.9 Å². The number of hydrogen-bond acceptors (Lipinski definition) is 7. The average molecular weight is 612 g/mol. The van der Waals surface area contributed by atoms with Gasteiger partial charge in [-0.15, -0.1) is 0 Å². The van der Waals surface area contributed by atoms with Gasteiger partial charge < -0.3 is 29.2 Å². The highest BCUT2D eigenvalue weighted by Crippen LogP contribution is 2.41. The molecule has 2 aromatic rings. The molecule has 3 atom stereocenters. The predicted molar refractivity (Wildman–Crippen MR) is 163 cm³/mol. The van der Waals surface area contributed by atoms with Crippen LogP contribution >= 0.6 is 0 Å². The molecule has 1 amide bonds. The molecule has 3 aliphatic rings. The molecule has 1 aliphatic carbocycles. The first-order chi connectivity index (χ1) is 21.0. The molecule has 3 heterocycles. The van der Waals surface area contributed by atoms with E-state index in [4.69, 9.17) is 21.3 Å². The van der Waals surface area contributed by atoms with Gasteiger partial charge in [0.05, 0.1) is 24.4 Å². The molecule has 0 bridgehead atoms. The molecule has 2 unspecified atom stereocenters. The molecule has 2 fully saturated rings. The van der Waals surface area contributed by atoms with Gasteiger partial charge in [-0.3, -0.25) is 4.79 Å². The van der Waals surface area contributed by atoms with E-state index in [-0.39, 0.29) is 42.3 Å². The molecule has 236 valence electrons. The highest BCUT2D eigenvalue weighted by molar-refractivity contribution is 5.87. The molecular weight excluding hydrogens is 571 g/mol. The molecule has 9 nitrogen and oxygen atoms in total. The van der Waals surface area contributed by atoms with Crippen LogP contribution in [0.5, 0.6) is 6.01 Å². The Labute approximate surface area is 257 Å². The van der Waals surface area contributed by atoms with Crippen molar-refractivity contribution in [2.75, 3.05) is 63.2 Å². The number of ether oxygens (including phenoxy) is 1. The van der Waals surface area contributed by atoms with Gasteiger partial charge in [-0.1, -0.05) is 25.1 Å². The first-order valence-corrected chi connectivity index (χ1v) is 15.1. The van der Waals surface area contributed by atoms with Crippen molar-refractivity contribution in [1.82, 2.24) is 19.8 Å². The molecule has 1 saturated heterocycles. The lowest BCUT2D eigenvalue weighted by atomic mass is 10.00. The smallest absolute Gasteiger partial charge is 0.418 e. The average Bonchev–Trinajstić information content (AvgIpc) is 3.47. The minimum atomic E-state index is -4.49.